The highest BCUT2D eigenvalue weighted by atomic mass is 16.5. The molecule has 1 N–H and O–H groups in total. The predicted octanol–water partition coefficient (Wildman–Crippen LogP) is 0.583. The highest BCUT2D eigenvalue weighted by Crippen LogP contribution is 1.92. The van der Waals surface area contributed by atoms with Gasteiger partial charge in [0.15, 0.2) is 0 Å². The molecule has 64 valence electrons. The Labute approximate surface area is 65.8 Å². The van der Waals surface area contributed by atoms with E-state index < -0.39 is 5.97 Å². The summed E-state index contributed by atoms with van der Waals surface area (Å²) in [5.41, 5.74) is 2.08. The molecule has 0 spiro atoms. The second-order valence-electron chi connectivity index (χ2n) is 2.16. The maximum Gasteiger partial charge on any atom is 0.333 e. The summed E-state index contributed by atoms with van der Waals surface area (Å²) in [6, 6.07) is 0. The molecular weight excluding hydrogens is 146 g/mol. The van der Waals surface area contributed by atoms with Crippen LogP contribution >= 0.6 is 0 Å². The Bertz CT molecular complexity index is 145. The largest absolute Gasteiger partial charge is 0.788 e. The molecule has 0 rings (SSSR count). The van der Waals surface area contributed by atoms with E-state index in [0.717, 1.165) is 0 Å². The number of nitrogens with one attached hydrogen (secondary N) is 1. The maximum atomic E-state index is 10.7. The summed E-state index contributed by atoms with van der Waals surface area (Å²) in [4.78, 5) is 10.7. The third-order valence-electron chi connectivity index (χ3n) is 1.00. The molecular formula is C7H12NO3-. The second kappa shape index (κ2) is 5.88. The zero-order chi connectivity index (χ0) is 8.69. The predicted molar refractivity (Wildman–Crippen MR) is 41.8 cm³/mol. The minimum Gasteiger partial charge on any atom is -0.788 e. The molecule has 0 fully saturated rings. The lowest BCUT2D eigenvalue weighted by molar-refractivity contribution is -0.138. The SMILES string of the molecule is C=C(C)C(=O)OCCCN[O-]. The van der Waals surface area contributed by atoms with Gasteiger partial charge in [-0.25, -0.2) is 4.79 Å². The van der Waals surface area contributed by atoms with E-state index in [4.69, 9.17) is 0 Å². The van der Waals surface area contributed by atoms with Crippen molar-refractivity contribution in [3.63, 3.8) is 0 Å². The minimum atomic E-state index is -0.407. The molecule has 0 aromatic carbocycles. The van der Waals surface area contributed by atoms with E-state index in [9.17, 15) is 10.0 Å². The highest BCUT2D eigenvalue weighted by molar-refractivity contribution is 5.86. The first-order valence-electron chi connectivity index (χ1n) is 3.36. The van der Waals surface area contributed by atoms with Gasteiger partial charge in [0, 0.05) is 5.57 Å². The maximum absolute atomic E-state index is 10.7. The van der Waals surface area contributed by atoms with Crippen LogP contribution < -0.4 is 5.48 Å². The van der Waals surface area contributed by atoms with Gasteiger partial charge in [0.05, 0.1) is 6.61 Å². The van der Waals surface area contributed by atoms with Crippen LogP contribution in [0, 0.1) is 5.21 Å². The van der Waals surface area contributed by atoms with E-state index in [2.05, 4.69) is 11.3 Å². The molecule has 11 heavy (non-hydrogen) atoms. The van der Waals surface area contributed by atoms with Crippen LogP contribution in [0.5, 0.6) is 0 Å². The van der Waals surface area contributed by atoms with Gasteiger partial charge in [-0.05, 0) is 19.9 Å². The minimum absolute atomic E-state index is 0.265. The van der Waals surface area contributed by atoms with Gasteiger partial charge in [-0.3, -0.25) is 0 Å². The Kier molecular flexibility index (Phi) is 5.42. The van der Waals surface area contributed by atoms with Gasteiger partial charge in [0.1, 0.15) is 0 Å². The van der Waals surface area contributed by atoms with Gasteiger partial charge < -0.3 is 15.4 Å². The van der Waals surface area contributed by atoms with Crippen LogP contribution in [0.2, 0.25) is 0 Å². The molecule has 0 aliphatic carbocycles. The second-order valence-corrected chi connectivity index (χ2v) is 2.16. The number of ether oxygens (including phenoxy) is 1. The summed E-state index contributed by atoms with van der Waals surface area (Å²) in [6.07, 6.45) is 0.530. The molecule has 4 nitrogen and oxygen atoms in total. The van der Waals surface area contributed by atoms with Crippen LogP contribution in [0.4, 0.5) is 0 Å². The number of carbonyl (C=O) groups excluding carboxylic acids is 1. The summed E-state index contributed by atoms with van der Waals surface area (Å²) in [5.74, 6) is -0.407. The van der Waals surface area contributed by atoms with Crippen molar-refractivity contribution in [2.45, 2.75) is 13.3 Å². The number of esters is 1. The van der Waals surface area contributed by atoms with Crippen molar-refractivity contribution in [1.82, 2.24) is 5.48 Å². The monoisotopic (exact) mass is 158 g/mol. The van der Waals surface area contributed by atoms with Crippen molar-refractivity contribution in [2.75, 3.05) is 13.2 Å². The first-order valence-corrected chi connectivity index (χ1v) is 3.36. The van der Waals surface area contributed by atoms with Crippen LogP contribution in [0.3, 0.4) is 0 Å². The van der Waals surface area contributed by atoms with Crippen molar-refractivity contribution in [3.8, 4) is 0 Å². The first-order chi connectivity index (χ1) is 5.18. The Morgan fingerprint density at radius 2 is 2.36 bits per heavy atom. The zero-order valence-corrected chi connectivity index (χ0v) is 6.55. The van der Waals surface area contributed by atoms with E-state index >= 15 is 0 Å². The lowest BCUT2D eigenvalue weighted by Gasteiger charge is -2.07. The smallest absolute Gasteiger partial charge is 0.333 e. The van der Waals surface area contributed by atoms with Gasteiger partial charge in [-0.2, -0.15) is 0 Å². The summed E-state index contributed by atoms with van der Waals surface area (Å²) in [7, 11) is 0. The van der Waals surface area contributed by atoms with Crippen molar-refractivity contribution in [1.29, 1.82) is 0 Å². The number of carbonyl (C=O) groups is 1. The lowest BCUT2D eigenvalue weighted by Crippen LogP contribution is -2.12. The van der Waals surface area contributed by atoms with Crippen LogP contribution in [-0.4, -0.2) is 19.1 Å². The molecule has 0 heterocycles. The molecule has 0 unspecified atom stereocenters. The van der Waals surface area contributed by atoms with E-state index in [1.807, 2.05) is 0 Å². The molecule has 0 bridgehead atoms. The summed E-state index contributed by atoms with van der Waals surface area (Å²) in [6.45, 7) is 5.55. The molecule has 0 aliphatic rings. The first kappa shape index (κ1) is 10.1. The molecule has 0 amide bonds. The molecule has 0 atom stereocenters. The van der Waals surface area contributed by atoms with Crippen molar-refractivity contribution >= 4 is 5.97 Å². The van der Waals surface area contributed by atoms with Gasteiger partial charge >= 0.3 is 5.97 Å². The van der Waals surface area contributed by atoms with Crippen molar-refractivity contribution in [2.24, 2.45) is 0 Å². The fourth-order valence-corrected chi connectivity index (χ4v) is 0.432. The van der Waals surface area contributed by atoms with Crippen molar-refractivity contribution in [3.05, 3.63) is 17.4 Å². The van der Waals surface area contributed by atoms with Crippen LogP contribution in [0.15, 0.2) is 12.2 Å². The number of rotatable bonds is 5. The third kappa shape index (κ3) is 5.57. The standard InChI is InChI=1S/C7H12NO3/c1-6(2)7(9)11-5-3-4-8-10/h8H,1,3-5H2,2H3/q-1. The average Bonchev–Trinajstić information content (AvgIpc) is 1.97. The van der Waals surface area contributed by atoms with Gasteiger partial charge in [-0.15, -0.1) is 0 Å². The molecule has 4 heteroatoms. The van der Waals surface area contributed by atoms with Crippen LogP contribution in [0.25, 0.3) is 0 Å². The average molecular weight is 158 g/mol. The Morgan fingerprint density at radius 3 is 2.82 bits per heavy atom. The Balaban J connectivity index is 3.25. The highest BCUT2D eigenvalue weighted by Gasteiger charge is 2.00. The molecule has 0 aromatic rings. The molecule has 0 aliphatic heterocycles. The van der Waals surface area contributed by atoms with Gasteiger partial charge in [0.25, 0.3) is 0 Å². The third-order valence-corrected chi connectivity index (χ3v) is 1.00. The van der Waals surface area contributed by atoms with E-state index in [0.29, 0.717) is 18.5 Å². The Hall–Kier alpha value is -0.870. The topological polar surface area (TPSA) is 61.4 Å². The van der Waals surface area contributed by atoms with E-state index in [-0.39, 0.29) is 6.61 Å². The van der Waals surface area contributed by atoms with Crippen molar-refractivity contribution < 1.29 is 9.53 Å². The number of hydrogen-bond donors (Lipinski definition) is 1. The summed E-state index contributed by atoms with van der Waals surface area (Å²) < 4.78 is 4.69. The lowest BCUT2D eigenvalue weighted by atomic mass is 10.4. The molecule has 0 aromatic heterocycles. The molecule has 0 radical (unpaired) electrons. The van der Waals surface area contributed by atoms with Crippen LogP contribution in [0.1, 0.15) is 13.3 Å². The normalized spacial score (nSPS) is 9.27. The number of hydrogen-bond acceptors (Lipinski definition) is 4. The number of hydroxylamine groups is 1. The summed E-state index contributed by atoms with van der Waals surface area (Å²) >= 11 is 0. The van der Waals surface area contributed by atoms with Gasteiger partial charge in [-0.1, -0.05) is 6.58 Å². The van der Waals surface area contributed by atoms with E-state index in [1.54, 1.807) is 12.4 Å². The Morgan fingerprint density at radius 1 is 1.73 bits per heavy atom. The fraction of sp³-hybridized carbons (Fsp3) is 0.571. The molecule has 0 saturated carbocycles. The van der Waals surface area contributed by atoms with Gasteiger partial charge in [0.2, 0.25) is 0 Å². The summed E-state index contributed by atoms with van der Waals surface area (Å²) in [5, 5.41) is 9.70. The zero-order valence-electron chi connectivity index (χ0n) is 6.55. The fourth-order valence-electron chi connectivity index (χ4n) is 0.432. The molecule has 0 saturated heterocycles. The quantitative estimate of drug-likeness (QED) is 0.275. The van der Waals surface area contributed by atoms with E-state index in [1.165, 1.54) is 0 Å². The van der Waals surface area contributed by atoms with Crippen LogP contribution in [-0.2, 0) is 9.53 Å².